The number of aromatic nitrogens is 2. The summed E-state index contributed by atoms with van der Waals surface area (Å²) in [6, 6.07) is 5.10. The topological polar surface area (TPSA) is 50.1 Å². The lowest BCUT2D eigenvalue weighted by Gasteiger charge is -2.08. The SMILES string of the molecule is Cc1nn(C)cc1NCc1c(O)cccc1Cl. The van der Waals surface area contributed by atoms with Gasteiger partial charge in [-0.05, 0) is 19.1 Å². The predicted octanol–water partition coefficient (Wildman–Crippen LogP) is 2.70. The second-order valence-electron chi connectivity index (χ2n) is 3.89. The Morgan fingerprint density at radius 2 is 2.24 bits per heavy atom. The van der Waals surface area contributed by atoms with E-state index in [1.165, 1.54) is 0 Å². The summed E-state index contributed by atoms with van der Waals surface area (Å²) in [5.74, 6) is 0.201. The fourth-order valence-corrected chi connectivity index (χ4v) is 1.92. The normalized spacial score (nSPS) is 10.5. The number of nitrogens with one attached hydrogen (secondary N) is 1. The molecule has 0 aliphatic carbocycles. The summed E-state index contributed by atoms with van der Waals surface area (Å²) in [6.45, 7) is 2.40. The molecule has 0 amide bonds. The fraction of sp³-hybridized carbons (Fsp3) is 0.250. The highest BCUT2D eigenvalue weighted by Crippen LogP contribution is 2.26. The van der Waals surface area contributed by atoms with E-state index >= 15 is 0 Å². The molecule has 5 heteroatoms. The number of hydrogen-bond donors (Lipinski definition) is 2. The van der Waals surface area contributed by atoms with Crippen LogP contribution in [0.5, 0.6) is 5.75 Å². The van der Waals surface area contributed by atoms with Crippen molar-refractivity contribution in [3.63, 3.8) is 0 Å². The lowest BCUT2D eigenvalue weighted by atomic mass is 10.2. The molecule has 0 saturated heterocycles. The summed E-state index contributed by atoms with van der Waals surface area (Å²) in [4.78, 5) is 0. The molecule has 0 unspecified atom stereocenters. The number of hydrogen-bond acceptors (Lipinski definition) is 3. The molecule has 0 saturated carbocycles. The Labute approximate surface area is 105 Å². The van der Waals surface area contributed by atoms with E-state index in [9.17, 15) is 5.11 Å². The maximum atomic E-state index is 9.70. The molecular formula is C12H14ClN3O. The molecule has 2 aromatic rings. The molecule has 17 heavy (non-hydrogen) atoms. The van der Waals surface area contributed by atoms with Gasteiger partial charge >= 0.3 is 0 Å². The second-order valence-corrected chi connectivity index (χ2v) is 4.30. The minimum atomic E-state index is 0.201. The number of halogens is 1. The van der Waals surface area contributed by atoms with Gasteiger partial charge < -0.3 is 10.4 Å². The van der Waals surface area contributed by atoms with Crippen molar-refractivity contribution in [3.05, 3.63) is 40.7 Å². The molecule has 0 radical (unpaired) electrons. The third kappa shape index (κ3) is 2.53. The van der Waals surface area contributed by atoms with E-state index in [-0.39, 0.29) is 5.75 Å². The average molecular weight is 252 g/mol. The van der Waals surface area contributed by atoms with Gasteiger partial charge in [-0.2, -0.15) is 5.10 Å². The first-order valence-corrected chi connectivity index (χ1v) is 5.66. The first-order valence-electron chi connectivity index (χ1n) is 5.28. The van der Waals surface area contributed by atoms with Crippen LogP contribution >= 0.6 is 11.6 Å². The number of rotatable bonds is 3. The van der Waals surface area contributed by atoms with Crippen LogP contribution in [0.3, 0.4) is 0 Å². The highest BCUT2D eigenvalue weighted by molar-refractivity contribution is 6.31. The third-order valence-corrected chi connectivity index (χ3v) is 2.92. The maximum absolute atomic E-state index is 9.70. The van der Waals surface area contributed by atoms with Crippen molar-refractivity contribution in [2.24, 2.45) is 7.05 Å². The Balaban J connectivity index is 2.15. The number of aryl methyl sites for hydroxylation is 2. The molecule has 1 heterocycles. The first kappa shape index (κ1) is 11.8. The van der Waals surface area contributed by atoms with Crippen molar-refractivity contribution in [2.75, 3.05) is 5.32 Å². The zero-order chi connectivity index (χ0) is 12.4. The molecule has 0 bridgehead atoms. The van der Waals surface area contributed by atoms with Crippen molar-refractivity contribution in [2.45, 2.75) is 13.5 Å². The van der Waals surface area contributed by atoms with Gasteiger partial charge in [0, 0.05) is 30.4 Å². The quantitative estimate of drug-likeness (QED) is 0.882. The zero-order valence-electron chi connectivity index (χ0n) is 9.74. The van der Waals surface area contributed by atoms with Crippen LogP contribution in [0.1, 0.15) is 11.3 Å². The molecule has 1 aromatic carbocycles. The molecular weight excluding hydrogens is 238 g/mol. The molecule has 1 aromatic heterocycles. The highest BCUT2D eigenvalue weighted by Gasteiger charge is 2.07. The largest absolute Gasteiger partial charge is 0.508 e. The molecule has 0 aliphatic heterocycles. The van der Waals surface area contributed by atoms with E-state index in [2.05, 4.69) is 10.4 Å². The summed E-state index contributed by atoms with van der Waals surface area (Å²) in [5.41, 5.74) is 2.54. The molecule has 4 nitrogen and oxygen atoms in total. The van der Waals surface area contributed by atoms with Crippen LogP contribution < -0.4 is 5.32 Å². The summed E-state index contributed by atoms with van der Waals surface area (Å²) in [7, 11) is 1.87. The van der Waals surface area contributed by atoms with Gasteiger partial charge in [0.05, 0.1) is 11.4 Å². The summed E-state index contributed by atoms with van der Waals surface area (Å²) in [5, 5.41) is 17.7. The van der Waals surface area contributed by atoms with E-state index in [0.29, 0.717) is 17.1 Å². The molecule has 0 atom stereocenters. The highest BCUT2D eigenvalue weighted by atomic mass is 35.5. The molecule has 0 spiro atoms. The van der Waals surface area contributed by atoms with Crippen LogP contribution in [0.15, 0.2) is 24.4 Å². The van der Waals surface area contributed by atoms with Crippen molar-refractivity contribution in [3.8, 4) is 5.75 Å². The van der Waals surface area contributed by atoms with Crippen molar-refractivity contribution in [1.82, 2.24) is 9.78 Å². The zero-order valence-corrected chi connectivity index (χ0v) is 10.5. The Morgan fingerprint density at radius 1 is 1.47 bits per heavy atom. The first-order chi connectivity index (χ1) is 8.08. The van der Waals surface area contributed by atoms with Crippen LogP contribution in [0.25, 0.3) is 0 Å². The number of anilines is 1. The number of phenolic OH excluding ortho intramolecular Hbond substituents is 1. The summed E-state index contributed by atoms with van der Waals surface area (Å²) >= 11 is 6.02. The Hall–Kier alpha value is -1.68. The van der Waals surface area contributed by atoms with Gasteiger partial charge in [-0.25, -0.2) is 0 Å². The number of aromatic hydroxyl groups is 1. The molecule has 2 rings (SSSR count). The van der Waals surface area contributed by atoms with E-state index < -0.39 is 0 Å². The summed E-state index contributed by atoms with van der Waals surface area (Å²) < 4.78 is 1.74. The van der Waals surface area contributed by atoms with Gasteiger partial charge in [0.1, 0.15) is 5.75 Å². The van der Waals surface area contributed by atoms with Gasteiger partial charge in [0.25, 0.3) is 0 Å². The molecule has 0 fully saturated rings. The van der Waals surface area contributed by atoms with E-state index in [4.69, 9.17) is 11.6 Å². The number of nitrogens with zero attached hydrogens (tertiary/aromatic N) is 2. The van der Waals surface area contributed by atoms with Crippen LogP contribution in [0.2, 0.25) is 5.02 Å². The molecule has 0 aliphatic rings. The minimum Gasteiger partial charge on any atom is -0.508 e. The van der Waals surface area contributed by atoms with Gasteiger partial charge in [-0.1, -0.05) is 17.7 Å². The van der Waals surface area contributed by atoms with E-state index in [0.717, 1.165) is 11.4 Å². The second kappa shape index (κ2) is 4.67. The predicted molar refractivity (Wildman–Crippen MR) is 68.4 cm³/mol. The Kier molecular flexibility index (Phi) is 3.24. The maximum Gasteiger partial charge on any atom is 0.122 e. The number of benzene rings is 1. The standard InChI is InChI=1S/C12H14ClN3O/c1-8-11(7-16(2)15-8)14-6-9-10(13)4-3-5-12(9)17/h3-5,7,14,17H,6H2,1-2H3. The Morgan fingerprint density at radius 3 is 2.82 bits per heavy atom. The van der Waals surface area contributed by atoms with Crippen LogP contribution in [-0.2, 0) is 13.6 Å². The average Bonchev–Trinajstić information content (AvgIpc) is 2.57. The monoisotopic (exact) mass is 251 g/mol. The Bertz CT molecular complexity index is 516. The van der Waals surface area contributed by atoms with Crippen molar-refractivity contribution < 1.29 is 5.11 Å². The summed E-state index contributed by atoms with van der Waals surface area (Å²) in [6.07, 6.45) is 1.89. The smallest absolute Gasteiger partial charge is 0.122 e. The molecule has 90 valence electrons. The fourth-order valence-electron chi connectivity index (χ4n) is 1.68. The minimum absolute atomic E-state index is 0.201. The van der Waals surface area contributed by atoms with E-state index in [1.807, 2.05) is 20.2 Å². The van der Waals surface area contributed by atoms with Crippen LogP contribution in [0.4, 0.5) is 5.69 Å². The van der Waals surface area contributed by atoms with Crippen molar-refractivity contribution >= 4 is 17.3 Å². The van der Waals surface area contributed by atoms with Gasteiger partial charge in [0.2, 0.25) is 0 Å². The third-order valence-electron chi connectivity index (χ3n) is 2.56. The van der Waals surface area contributed by atoms with Crippen molar-refractivity contribution in [1.29, 1.82) is 0 Å². The molecule has 2 N–H and O–H groups in total. The van der Waals surface area contributed by atoms with Gasteiger partial charge in [-0.3, -0.25) is 4.68 Å². The van der Waals surface area contributed by atoms with Gasteiger partial charge in [0.15, 0.2) is 0 Å². The van der Waals surface area contributed by atoms with Crippen LogP contribution in [0, 0.1) is 6.92 Å². The lowest BCUT2D eigenvalue weighted by molar-refractivity contribution is 0.469. The van der Waals surface area contributed by atoms with Crippen LogP contribution in [-0.4, -0.2) is 14.9 Å². The van der Waals surface area contributed by atoms with E-state index in [1.54, 1.807) is 22.9 Å². The lowest BCUT2D eigenvalue weighted by Crippen LogP contribution is -2.00. The number of phenols is 1. The van der Waals surface area contributed by atoms with Gasteiger partial charge in [-0.15, -0.1) is 0 Å².